The van der Waals surface area contributed by atoms with Crippen LogP contribution in [0.5, 0.6) is 0 Å². The first-order valence-corrected chi connectivity index (χ1v) is 19.8. The molecule has 0 saturated heterocycles. The van der Waals surface area contributed by atoms with Gasteiger partial charge in [-0.05, 0) is 103 Å². The number of benzene rings is 10. The van der Waals surface area contributed by atoms with Gasteiger partial charge in [0.1, 0.15) is 11.3 Å². The molecule has 10 aromatic carbocycles. The van der Waals surface area contributed by atoms with Gasteiger partial charge in [0.15, 0.2) is 0 Å². The van der Waals surface area contributed by atoms with Gasteiger partial charge in [-0.1, -0.05) is 182 Å². The predicted molar refractivity (Wildman–Crippen MR) is 245 cm³/mol. The summed E-state index contributed by atoms with van der Waals surface area (Å²) in [6.45, 7) is 0. The highest BCUT2D eigenvalue weighted by atomic mass is 16.3. The summed E-state index contributed by atoms with van der Waals surface area (Å²) in [4.78, 5) is 2.41. The van der Waals surface area contributed by atoms with Crippen LogP contribution in [0.3, 0.4) is 0 Å². The Hall–Kier alpha value is -7.68. The minimum atomic E-state index is 0.878. The number of rotatable bonds is 7. The Balaban J connectivity index is 0.976. The molecule has 0 aliphatic rings. The molecule has 0 radical (unpaired) electrons. The van der Waals surface area contributed by atoms with Gasteiger partial charge in [-0.2, -0.15) is 0 Å². The van der Waals surface area contributed by atoms with Crippen LogP contribution in [0.4, 0.5) is 17.1 Å². The number of furan rings is 1. The maximum absolute atomic E-state index is 6.29. The molecule has 0 spiro atoms. The van der Waals surface area contributed by atoms with Crippen molar-refractivity contribution in [3.8, 4) is 44.7 Å². The molecular formula is C56H37NO. The average Bonchev–Trinajstić information content (AvgIpc) is 3.74. The number of anilines is 3. The fraction of sp³-hybridized carbons (Fsp3) is 0. The lowest BCUT2D eigenvalue weighted by Gasteiger charge is -2.28. The van der Waals surface area contributed by atoms with E-state index in [2.05, 4.69) is 211 Å². The number of fused-ring (bicyclic) bond motifs is 5. The topological polar surface area (TPSA) is 16.4 Å². The molecule has 2 heteroatoms. The zero-order chi connectivity index (χ0) is 38.4. The van der Waals surface area contributed by atoms with E-state index in [0.29, 0.717) is 0 Å². The molecule has 0 fully saturated rings. The van der Waals surface area contributed by atoms with E-state index in [9.17, 15) is 0 Å². The van der Waals surface area contributed by atoms with Gasteiger partial charge < -0.3 is 9.32 Å². The summed E-state index contributed by atoms with van der Waals surface area (Å²) in [6, 6.07) is 80.7. The van der Waals surface area contributed by atoms with E-state index in [-0.39, 0.29) is 0 Å². The van der Waals surface area contributed by atoms with Crippen LogP contribution in [-0.2, 0) is 0 Å². The standard InChI is InChI=1S/C56H37NO/c1-4-16-47-40(12-1)15-11-22-48(47)42-30-34-46(35-31-42)57(54-36-43-13-2-5-18-50(43)51-19-7-8-20-52(51)54)45-32-28-39(29-33-45)38-24-26-41(27-25-38)49-17-6-9-21-53(49)56-37-44-14-3-10-23-55(44)58-56/h1-37H. The van der Waals surface area contributed by atoms with E-state index in [1.54, 1.807) is 0 Å². The van der Waals surface area contributed by atoms with Crippen molar-refractivity contribution in [3.05, 3.63) is 224 Å². The lowest BCUT2D eigenvalue weighted by molar-refractivity contribution is 0.632. The van der Waals surface area contributed by atoms with Crippen LogP contribution in [0.1, 0.15) is 0 Å². The normalized spacial score (nSPS) is 11.4. The Kier molecular flexibility index (Phi) is 8.19. The second kappa shape index (κ2) is 14.1. The molecule has 0 atom stereocenters. The summed E-state index contributed by atoms with van der Waals surface area (Å²) in [5.74, 6) is 0.878. The van der Waals surface area contributed by atoms with Crippen LogP contribution in [0.2, 0.25) is 0 Å². The highest BCUT2D eigenvalue weighted by molar-refractivity contribution is 6.14. The van der Waals surface area contributed by atoms with Gasteiger partial charge in [0, 0.05) is 27.7 Å². The van der Waals surface area contributed by atoms with Crippen molar-refractivity contribution in [1.29, 1.82) is 0 Å². The molecule has 0 bridgehead atoms. The van der Waals surface area contributed by atoms with Crippen molar-refractivity contribution >= 4 is 60.3 Å². The third-order valence-electron chi connectivity index (χ3n) is 11.5. The molecule has 0 unspecified atom stereocenters. The third kappa shape index (κ3) is 5.91. The van der Waals surface area contributed by atoms with E-state index in [1.165, 1.54) is 49.0 Å². The van der Waals surface area contributed by atoms with Crippen LogP contribution < -0.4 is 4.90 Å². The molecule has 0 amide bonds. The molecule has 11 aromatic rings. The van der Waals surface area contributed by atoms with E-state index in [0.717, 1.165) is 56.0 Å². The molecular weight excluding hydrogens is 703 g/mol. The van der Waals surface area contributed by atoms with Crippen molar-refractivity contribution in [1.82, 2.24) is 0 Å². The Morgan fingerprint density at radius 1 is 0.293 bits per heavy atom. The maximum atomic E-state index is 6.29. The first-order chi connectivity index (χ1) is 28.7. The van der Waals surface area contributed by atoms with Crippen molar-refractivity contribution in [2.45, 2.75) is 0 Å². The van der Waals surface area contributed by atoms with Gasteiger partial charge in [-0.25, -0.2) is 0 Å². The van der Waals surface area contributed by atoms with Crippen LogP contribution in [-0.4, -0.2) is 0 Å². The number of nitrogens with zero attached hydrogens (tertiary/aromatic N) is 1. The first-order valence-electron chi connectivity index (χ1n) is 19.8. The molecule has 58 heavy (non-hydrogen) atoms. The molecule has 11 rings (SSSR count). The molecule has 1 aromatic heterocycles. The number of hydrogen-bond donors (Lipinski definition) is 0. The lowest BCUT2D eigenvalue weighted by Crippen LogP contribution is -2.10. The second-order valence-electron chi connectivity index (χ2n) is 14.9. The van der Waals surface area contributed by atoms with Gasteiger partial charge >= 0.3 is 0 Å². The summed E-state index contributed by atoms with van der Waals surface area (Å²) in [6.07, 6.45) is 0. The largest absolute Gasteiger partial charge is 0.456 e. The average molecular weight is 740 g/mol. The van der Waals surface area contributed by atoms with Crippen LogP contribution >= 0.6 is 0 Å². The fourth-order valence-electron chi connectivity index (χ4n) is 8.62. The molecule has 272 valence electrons. The Morgan fingerprint density at radius 3 is 1.50 bits per heavy atom. The van der Waals surface area contributed by atoms with Crippen molar-refractivity contribution in [2.75, 3.05) is 4.90 Å². The fourth-order valence-corrected chi connectivity index (χ4v) is 8.62. The Morgan fingerprint density at radius 2 is 0.776 bits per heavy atom. The predicted octanol–water partition coefficient (Wildman–Crippen LogP) is 16.0. The quantitative estimate of drug-likeness (QED) is 0.151. The van der Waals surface area contributed by atoms with Crippen LogP contribution in [0.25, 0.3) is 88.0 Å². The molecule has 0 saturated carbocycles. The highest BCUT2D eigenvalue weighted by Crippen LogP contribution is 2.43. The smallest absolute Gasteiger partial charge is 0.136 e. The number of hydrogen-bond acceptors (Lipinski definition) is 2. The molecule has 0 N–H and O–H groups in total. The SMILES string of the molecule is c1ccc(-c2cc3ccccc3o2)c(-c2ccc(-c3ccc(N(c4ccc(-c5cccc6ccccc56)cc4)c4cc5ccccc5c5ccccc45)cc3)cc2)c1. The van der Waals surface area contributed by atoms with Gasteiger partial charge in [0.25, 0.3) is 0 Å². The van der Waals surface area contributed by atoms with Gasteiger partial charge in [-0.3, -0.25) is 0 Å². The van der Waals surface area contributed by atoms with E-state index >= 15 is 0 Å². The lowest BCUT2D eigenvalue weighted by atomic mass is 9.95. The van der Waals surface area contributed by atoms with Crippen molar-refractivity contribution in [2.24, 2.45) is 0 Å². The first kappa shape index (κ1) is 33.6. The molecule has 0 aliphatic carbocycles. The van der Waals surface area contributed by atoms with Crippen LogP contribution in [0, 0.1) is 0 Å². The zero-order valence-corrected chi connectivity index (χ0v) is 31.7. The number of para-hydroxylation sites is 1. The molecule has 1 heterocycles. The molecule has 2 nitrogen and oxygen atoms in total. The van der Waals surface area contributed by atoms with Gasteiger partial charge in [0.05, 0.1) is 5.69 Å². The van der Waals surface area contributed by atoms with E-state index < -0.39 is 0 Å². The third-order valence-corrected chi connectivity index (χ3v) is 11.5. The van der Waals surface area contributed by atoms with Gasteiger partial charge in [0.2, 0.25) is 0 Å². The Labute approximate surface area is 337 Å². The maximum Gasteiger partial charge on any atom is 0.136 e. The van der Waals surface area contributed by atoms with Crippen LogP contribution in [0.15, 0.2) is 229 Å². The summed E-state index contributed by atoms with van der Waals surface area (Å²) < 4.78 is 6.29. The van der Waals surface area contributed by atoms with Crippen molar-refractivity contribution < 1.29 is 4.42 Å². The second-order valence-corrected chi connectivity index (χ2v) is 14.9. The molecule has 0 aliphatic heterocycles. The monoisotopic (exact) mass is 739 g/mol. The van der Waals surface area contributed by atoms with Crippen molar-refractivity contribution in [3.63, 3.8) is 0 Å². The highest BCUT2D eigenvalue weighted by Gasteiger charge is 2.18. The van der Waals surface area contributed by atoms with E-state index in [4.69, 9.17) is 4.42 Å². The minimum Gasteiger partial charge on any atom is -0.456 e. The zero-order valence-electron chi connectivity index (χ0n) is 31.7. The summed E-state index contributed by atoms with van der Waals surface area (Å²) in [5, 5.41) is 8.54. The van der Waals surface area contributed by atoms with Gasteiger partial charge in [-0.15, -0.1) is 0 Å². The summed E-state index contributed by atoms with van der Waals surface area (Å²) in [5.41, 5.74) is 12.4. The minimum absolute atomic E-state index is 0.878. The summed E-state index contributed by atoms with van der Waals surface area (Å²) >= 11 is 0. The van der Waals surface area contributed by atoms with E-state index in [1.807, 2.05) is 18.2 Å². The summed E-state index contributed by atoms with van der Waals surface area (Å²) in [7, 11) is 0. The Bertz CT molecular complexity index is 3230.